The molecule has 0 aromatic carbocycles. The molecule has 0 aromatic rings. The van der Waals surface area contributed by atoms with Crippen molar-refractivity contribution in [3.63, 3.8) is 0 Å². The minimum atomic E-state index is 0.338. The Balaban J connectivity index is 3.14. The molecule has 1 heteroatoms. The summed E-state index contributed by atoms with van der Waals surface area (Å²) in [4.78, 5) is 0. The van der Waals surface area contributed by atoms with Crippen LogP contribution >= 0.6 is 0 Å². The van der Waals surface area contributed by atoms with Crippen LogP contribution in [-0.2, 0) is 0 Å². The van der Waals surface area contributed by atoms with Crippen LogP contribution in [0.2, 0.25) is 0 Å². The Kier molecular flexibility index (Phi) is 16.9. The molecule has 0 radical (unpaired) electrons. The van der Waals surface area contributed by atoms with E-state index in [0.29, 0.717) is 6.61 Å². The molecular formula is C18H34O. The number of aliphatic hydroxyl groups is 1. The first-order chi connectivity index (χ1) is 9.41. The Bertz CT molecular complexity index is 206. The van der Waals surface area contributed by atoms with Crippen LogP contribution in [0, 0.1) is 0 Å². The molecule has 19 heavy (non-hydrogen) atoms. The lowest BCUT2D eigenvalue weighted by Gasteiger charge is -1.97. The van der Waals surface area contributed by atoms with Gasteiger partial charge in [0.25, 0.3) is 0 Å². The van der Waals surface area contributed by atoms with Crippen LogP contribution < -0.4 is 0 Å². The minimum absolute atomic E-state index is 0.338. The number of hydrogen-bond acceptors (Lipinski definition) is 1. The zero-order chi connectivity index (χ0) is 14.0. The first-order valence-corrected chi connectivity index (χ1v) is 8.32. The number of hydrogen-bond donors (Lipinski definition) is 1. The Morgan fingerprint density at radius 3 is 1.74 bits per heavy atom. The lowest BCUT2D eigenvalue weighted by atomic mass is 10.1. The smallest absolute Gasteiger partial charge is 0.0431 e. The zero-order valence-electron chi connectivity index (χ0n) is 12.9. The number of rotatable bonds is 14. The van der Waals surface area contributed by atoms with Crippen molar-refractivity contribution < 1.29 is 5.11 Å². The monoisotopic (exact) mass is 266 g/mol. The molecule has 0 aromatic heterocycles. The minimum Gasteiger partial charge on any atom is -0.396 e. The van der Waals surface area contributed by atoms with Gasteiger partial charge in [-0.25, -0.2) is 0 Å². The molecule has 1 nitrogen and oxygen atoms in total. The molecule has 112 valence electrons. The van der Waals surface area contributed by atoms with Gasteiger partial charge in [-0.1, -0.05) is 69.8 Å². The number of allylic oxidation sites excluding steroid dienone is 4. The predicted molar refractivity (Wildman–Crippen MR) is 86.4 cm³/mol. The molecule has 0 aliphatic heterocycles. The number of unbranched alkanes of at least 4 members (excludes halogenated alkanes) is 9. The largest absolute Gasteiger partial charge is 0.396 e. The van der Waals surface area contributed by atoms with Crippen molar-refractivity contribution in [1.29, 1.82) is 0 Å². The molecule has 1 N–H and O–H groups in total. The van der Waals surface area contributed by atoms with Crippen LogP contribution in [0.1, 0.15) is 84.0 Å². The Morgan fingerprint density at radius 2 is 1.16 bits per heavy atom. The standard InChI is InChI=1S/C18H34O/c1-2-3-4-5-6-7-8-9-10-11-12-13-14-15-16-17-18-19/h9-10,12-13,19H,2-8,11,14-18H2,1H3/b10-9-,13-12-. The van der Waals surface area contributed by atoms with Gasteiger partial charge in [-0.2, -0.15) is 0 Å². The van der Waals surface area contributed by atoms with E-state index in [-0.39, 0.29) is 0 Å². The summed E-state index contributed by atoms with van der Waals surface area (Å²) in [5.74, 6) is 0. The van der Waals surface area contributed by atoms with E-state index in [1.54, 1.807) is 0 Å². The van der Waals surface area contributed by atoms with E-state index >= 15 is 0 Å². The molecule has 0 saturated heterocycles. The van der Waals surface area contributed by atoms with E-state index in [1.165, 1.54) is 51.4 Å². The normalized spacial score (nSPS) is 11.9. The molecule has 0 spiro atoms. The second-order valence-electron chi connectivity index (χ2n) is 5.31. The second kappa shape index (κ2) is 17.4. The molecular weight excluding hydrogens is 232 g/mol. The summed E-state index contributed by atoms with van der Waals surface area (Å²) < 4.78 is 0. The van der Waals surface area contributed by atoms with E-state index in [0.717, 1.165) is 25.7 Å². The van der Waals surface area contributed by atoms with Crippen molar-refractivity contribution in [3.8, 4) is 0 Å². The van der Waals surface area contributed by atoms with Crippen LogP contribution in [0.15, 0.2) is 24.3 Å². The highest BCUT2D eigenvalue weighted by molar-refractivity contribution is 4.92. The van der Waals surface area contributed by atoms with E-state index in [1.807, 2.05) is 0 Å². The van der Waals surface area contributed by atoms with E-state index in [9.17, 15) is 0 Å². The van der Waals surface area contributed by atoms with Crippen molar-refractivity contribution in [2.45, 2.75) is 84.0 Å². The van der Waals surface area contributed by atoms with Crippen LogP contribution in [0.5, 0.6) is 0 Å². The molecule has 0 aliphatic rings. The summed E-state index contributed by atoms with van der Waals surface area (Å²) in [6.07, 6.45) is 24.3. The first kappa shape index (κ1) is 18.4. The maximum Gasteiger partial charge on any atom is 0.0431 e. The van der Waals surface area contributed by atoms with Gasteiger partial charge in [0.15, 0.2) is 0 Å². The summed E-state index contributed by atoms with van der Waals surface area (Å²) in [6.45, 7) is 2.60. The van der Waals surface area contributed by atoms with Crippen LogP contribution in [-0.4, -0.2) is 11.7 Å². The van der Waals surface area contributed by atoms with E-state index in [2.05, 4.69) is 31.2 Å². The van der Waals surface area contributed by atoms with E-state index in [4.69, 9.17) is 5.11 Å². The highest BCUT2D eigenvalue weighted by Gasteiger charge is 1.87. The maximum atomic E-state index is 8.64. The van der Waals surface area contributed by atoms with Crippen LogP contribution in [0.4, 0.5) is 0 Å². The van der Waals surface area contributed by atoms with Gasteiger partial charge >= 0.3 is 0 Å². The molecule has 0 atom stereocenters. The van der Waals surface area contributed by atoms with Gasteiger partial charge in [-0.3, -0.25) is 0 Å². The van der Waals surface area contributed by atoms with Crippen molar-refractivity contribution in [1.82, 2.24) is 0 Å². The van der Waals surface area contributed by atoms with Gasteiger partial charge in [-0.05, 0) is 38.5 Å². The summed E-state index contributed by atoms with van der Waals surface area (Å²) in [5, 5.41) is 8.64. The third-order valence-corrected chi connectivity index (χ3v) is 3.36. The van der Waals surface area contributed by atoms with Gasteiger partial charge in [-0.15, -0.1) is 0 Å². The molecule has 0 unspecified atom stereocenters. The fourth-order valence-corrected chi connectivity index (χ4v) is 2.10. The third kappa shape index (κ3) is 17.4. The Hall–Kier alpha value is -0.560. The van der Waals surface area contributed by atoms with Crippen LogP contribution in [0.25, 0.3) is 0 Å². The van der Waals surface area contributed by atoms with Crippen LogP contribution in [0.3, 0.4) is 0 Å². The highest BCUT2D eigenvalue weighted by Crippen LogP contribution is 2.07. The molecule has 0 bridgehead atoms. The second-order valence-corrected chi connectivity index (χ2v) is 5.31. The zero-order valence-corrected chi connectivity index (χ0v) is 12.9. The van der Waals surface area contributed by atoms with Gasteiger partial charge in [0.1, 0.15) is 0 Å². The summed E-state index contributed by atoms with van der Waals surface area (Å²) in [7, 11) is 0. The predicted octanol–water partition coefficient (Wildman–Crippen LogP) is 5.79. The van der Waals surface area contributed by atoms with Crippen molar-refractivity contribution in [2.24, 2.45) is 0 Å². The Labute approximate surface area is 120 Å². The fourth-order valence-electron chi connectivity index (χ4n) is 2.10. The van der Waals surface area contributed by atoms with Crippen molar-refractivity contribution >= 4 is 0 Å². The third-order valence-electron chi connectivity index (χ3n) is 3.36. The molecule has 0 rings (SSSR count). The van der Waals surface area contributed by atoms with Crippen molar-refractivity contribution in [3.05, 3.63) is 24.3 Å². The van der Waals surface area contributed by atoms with Gasteiger partial charge < -0.3 is 5.11 Å². The fraction of sp³-hybridized carbons (Fsp3) is 0.778. The SMILES string of the molecule is CCCCCCCC/C=C\C/C=C\CCCCCO. The maximum absolute atomic E-state index is 8.64. The summed E-state index contributed by atoms with van der Waals surface area (Å²) >= 11 is 0. The molecule has 0 amide bonds. The molecule has 0 heterocycles. The molecule has 0 fully saturated rings. The van der Waals surface area contributed by atoms with Crippen molar-refractivity contribution in [2.75, 3.05) is 6.61 Å². The first-order valence-electron chi connectivity index (χ1n) is 8.32. The van der Waals surface area contributed by atoms with E-state index < -0.39 is 0 Å². The van der Waals surface area contributed by atoms with Gasteiger partial charge in [0.05, 0.1) is 0 Å². The summed E-state index contributed by atoms with van der Waals surface area (Å²) in [6, 6.07) is 0. The Morgan fingerprint density at radius 1 is 0.632 bits per heavy atom. The molecule has 0 saturated carbocycles. The topological polar surface area (TPSA) is 20.2 Å². The summed E-state index contributed by atoms with van der Waals surface area (Å²) in [5.41, 5.74) is 0. The quantitative estimate of drug-likeness (QED) is 0.311. The number of aliphatic hydroxyl groups excluding tert-OH is 1. The lowest BCUT2D eigenvalue weighted by Crippen LogP contribution is -1.81. The highest BCUT2D eigenvalue weighted by atomic mass is 16.2. The average molecular weight is 266 g/mol. The lowest BCUT2D eigenvalue weighted by molar-refractivity contribution is 0.283. The molecule has 0 aliphatic carbocycles. The average Bonchev–Trinajstić information content (AvgIpc) is 2.43. The van der Waals surface area contributed by atoms with Gasteiger partial charge in [0.2, 0.25) is 0 Å². The van der Waals surface area contributed by atoms with Gasteiger partial charge in [0, 0.05) is 6.61 Å².